The van der Waals surface area contributed by atoms with Crippen LogP contribution in [-0.2, 0) is 15.7 Å². The average molecular weight is 352 g/mol. The Bertz CT molecular complexity index is 755. The first-order chi connectivity index (χ1) is 12.3. The zero-order valence-corrected chi connectivity index (χ0v) is 15.8. The van der Waals surface area contributed by atoms with Crippen molar-refractivity contribution in [3.63, 3.8) is 0 Å². The van der Waals surface area contributed by atoms with Gasteiger partial charge in [0.15, 0.2) is 0 Å². The quantitative estimate of drug-likeness (QED) is 0.590. The SMILES string of the molecule is CC1(C)OB(c2c(C=O)cccc2OCCc2ccccc2)OC1(C)C. The zero-order chi connectivity index (χ0) is 18.8. The lowest BCUT2D eigenvalue weighted by Gasteiger charge is -2.32. The molecule has 1 aliphatic heterocycles. The molecule has 2 aromatic carbocycles. The van der Waals surface area contributed by atoms with Crippen LogP contribution in [0.3, 0.4) is 0 Å². The number of carbonyl (C=O) groups excluding carboxylic acids is 1. The van der Waals surface area contributed by atoms with Crippen molar-refractivity contribution >= 4 is 18.9 Å². The number of rotatable bonds is 6. The number of ether oxygens (including phenoxy) is 1. The molecule has 0 radical (unpaired) electrons. The lowest BCUT2D eigenvalue weighted by molar-refractivity contribution is 0.00578. The number of hydrogen-bond acceptors (Lipinski definition) is 4. The second kappa shape index (κ2) is 7.26. The van der Waals surface area contributed by atoms with Crippen molar-refractivity contribution in [1.29, 1.82) is 0 Å². The maximum absolute atomic E-state index is 11.6. The maximum atomic E-state index is 11.6. The highest BCUT2D eigenvalue weighted by molar-refractivity contribution is 6.64. The van der Waals surface area contributed by atoms with E-state index in [1.807, 2.05) is 58.0 Å². The number of benzene rings is 2. The molecular weight excluding hydrogens is 327 g/mol. The molecule has 0 saturated carbocycles. The smallest absolute Gasteiger partial charge is 0.494 e. The minimum Gasteiger partial charge on any atom is -0.494 e. The second-order valence-electron chi connectivity index (χ2n) is 7.55. The van der Waals surface area contributed by atoms with E-state index in [4.69, 9.17) is 14.0 Å². The van der Waals surface area contributed by atoms with Gasteiger partial charge in [0.2, 0.25) is 0 Å². The Kier molecular flexibility index (Phi) is 5.21. The third kappa shape index (κ3) is 3.69. The van der Waals surface area contributed by atoms with Gasteiger partial charge in [0.1, 0.15) is 12.0 Å². The standard InChI is InChI=1S/C21H25BO4/c1-20(2)21(3,4)26-22(25-20)19-17(15-23)11-8-12-18(19)24-14-13-16-9-6-5-7-10-16/h5-12,15H,13-14H2,1-4H3. The van der Waals surface area contributed by atoms with Crippen molar-refractivity contribution in [2.45, 2.75) is 45.3 Å². The largest absolute Gasteiger partial charge is 0.499 e. The fourth-order valence-corrected chi connectivity index (χ4v) is 2.93. The van der Waals surface area contributed by atoms with Gasteiger partial charge in [-0.3, -0.25) is 4.79 Å². The van der Waals surface area contributed by atoms with Crippen LogP contribution < -0.4 is 10.2 Å². The predicted molar refractivity (Wildman–Crippen MR) is 103 cm³/mol. The third-order valence-corrected chi connectivity index (χ3v) is 5.21. The molecule has 0 aromatic heterocycles. The summed E-state index contributed by atoms with van der Waals surface area (Å²) in [7, 11) is -0.631. The Labute approximate surface area is 155 Å². The summed E-state index contributed by atoms with van der Waals surface area (Å²) in [4.78, 5) is 11.6. The molecular formula is C21H25BO4. The normalized spacial score (nSPS) is 17.9. The summed E-state index contributed by atoms with van der Waals surface area (Å²) < 4.78 is 18.3. The Morgan fingerprint density at radius 2 is 1.62 bits per heavy atom. The molecule has 0 bridgehead atoms. The summed E-state index contributed by atoms with van der Waals surface area (Å²) in [6.07, 6.45) is 1.61. The van der Waals surface area contributed by atoms with Gasteiger partial charge in [0.25, 0.3) is 0 Å². The first kappa shape index (κ1) is 18.7. The van der Waals surface area contributed by atoms with Gasteiger partial charge in [-0.25, -0.2) is 0 Å². The molecule has 1 saturated heterocycles. The number of aldehydes is 1. The first-order valence-electron chi connectivity index (χ1n) is 8.94. The van der Waals surface area contributed by atoms with Crippen LogP contribution >= 0.6 is 0 Å². The van der Waals surface area contributed by atoms with E-state index in [-0.39, 0.29) is 0 Å². The highest BCUT2D eigenvalue weighted by atomic mass is 16.7. The Morgan fingerprint density at radius 3 is 2.23 bits per heavy atom. The number of carbonyl (C=O) groups is 1. The van der Waals surface area contributed by atoms with Crippen molar-refractivity contribution < 1.29 is 18.8 Å². The van der Waals surface area contributed by atoms with Gasteiger partial charge in [-0.1, -0.05) is 42.5 Å². The molecule has 0 spiro atoms. The van der Waals surface area contributed by atoms with E-state index < -0.39 is 18.3 Å². The Balaban J connectivity index is 1.82. The van der Waals surface area contributed by atoms with Crippen LogP contribution in [0.5, 0.6) is 5.75 Å². The predicted octanol–water partition coefficient (Wildman–Crippen LogP) is 3.42. The van der Waals surface area contributed by atoms with Crippen LogP contribution in [0.25, 0.3) is 0 Å². The molecule has 0 N–H and O–H groups in total. The van der Waals surface area contributed by atoms with Gasteiger partial charge >= 0.3 is 7.12 Å². The van der Waals surface area contributed by atoms with Crippen LogP contribution in [0.1, 0.15) is 43.6 Å². The minimum atomic E-state index is -0.631. The van der Waals surface area contributed by atoms with E-state index in [1.165, 1.54) is 5.56 Å². The van der Waals surface area contributed by atoms with Crippen LogP contribution in [-0.4, -0.2) is 31.2 Å². The van der Waals surface area contributed by atoms with E-state index in [9.17, 15) is 4.79 Å². The summed E-state index contributed by atoms with van der Waals surface area (Å²) >= 11 is 0. The van der Waals surface area contributed by atoms with Gasteiger partial charge in [0.05, 0.1) is 17.8 Å². The van der Waals surface area contributed by atoms with Crippen LogP contribution in [0.15, 0.2) is 48.5 Å². The molecule has 0 amide bonds. The number of hydrogen-bond donors (Lipinski definition) is 0. The maximum Gasteiger partial charge on any atom is 0.499 e. The lowest BCUT2D eigenvalue weighted by atomic mass is 9.75. The lowest BCUT2D eigenvalue weighted by Crippen LogP contribution is -2.41. The molecule has 0 atom stereocenters. The van der Waals surface area contributed by atoms with Gasteiger partial charge in [0, 0.05) is 17.4 Å². The van der Waals surface area contributed by atoms with Gasteiger partial charge in [-0.05, 0) is 39.3 Å². The topological polar surface area (TPSA) is 44.8 Å². The molecule has 5 heteroatoms. The summed E-state index contributed by atoms with van der Waals surface area (Å²) in [5, 5.41) is 0. The van der Waals surface area contributed by atoms with E-state index in [0.717, 1.165) is 12.7 Å². The Hall–Kier alpha value is -2.11. The van der Waals surface area contributed by atoms with Crippen molar-refractivity contribution in [3.05, 3.63) is 59.7 Å². The van der Waals surface area contributed by atoms with E-state index >= 15 is 0 Å². The van der Waals surface area contributed by atoms with E-state index in [1.54, 1.807) is 6.07 Å². The summed E-state index contributed by atoms with van der Waals surface area (Å²) in [5.41, 5.74) is 1.44. The van der Waals surface area contributed by atoms with Gasteiger partial charge < -0.3 is 14.0 Å². The first-order valence-corrected chi connectivity index (χ1v) is 8.94. The average Bonchev–Trinajstić information content (AvgIpc) is 2.83. The fraction of sp³-hybridized carbons (Fsp3) is 0.381. The highest BCUT2D eigenvalue weighted by Crippen LogP contribution is 2.37. The molecule has 0 aliphatic carbocycles. The fourth-order valence-electron chi connectivity index (χ4n) is 2.93. The van der Waals surface area contributed by atoms with Crippen molar-refractivity contribution in [2.75, 3.05) is 6.61 Å². The van der Waals surface area contributed by atoms with Crippen molar-refractivity contribution in [1.82, 2.24) is 0 Å². The molecule has 1 aliphatic rings. The van der Waals surface area contributed by atoms with Gasteiger partial charge in [-0.15, -0.1) is 0 Å². The molecule has 26 heavy (non-hydrogen) atoms. The van der Waals surface area contributed by atoms with Crippen LogP contribution in [0.4, 0.5) is 0 Å². The molecule has 1 heterocycles. The third-order valence-electron chi connectivity index (χ3n) is 5.21. The summed E-state index contributed by atoms with van der Waals surface area (Å²) in [6.45, 7) is 8.48. The zero-order valence-electron chi connectivity index (χ0n) is 15.8. The second-order valence-corrected chi connectivity index (χ2v) is 7.55. The molecule has 3 rings (SSSR count). The molecule has 136 valence electrons. The van der Waals surface area contributed by atoms with Gasteiger partial charge in [-0.2, -0.15) is 0 Å². The summed E-state index contributed by atoms with van der Waals surface area (Å²) in [6, 6.07) is 15.6. The molecule has 0 unspecified atom stereocenters. The monoisotopic (exact) mass is 352 g/mol. The Morgan fingerprint density at radius 1 is 0.962 bits per heavy atom. The van der Waals surface area contributed by atoms with E-state index in [2.05, 4.69) is 12.1 Å². The van der Waals surface area contributed by atoms with Crippen LogP contribution in [0, 0.1) is 0 Å². The summed E-state index contributed by atoms with van der Waals surface area (Å²) in [5.74, 6) is 0.629. The van der Waals surface area contributed by atoms with Crippen LogP contribution in [0.2, 0.25) is 0 Å². The van der Waals surface area contributed by atoms with Crippen molar-refractivity contribution in [2.24, 2.45) is 0 Å². The molecule has 1 fully saturated rings. The van der Waals surface area contributed by atoms with Crippen molar-refractivity contribution in [3.8, 4) is 5.75 Å². The van der Waals surface area contributed by atoms with E-state index in [0.29, 0.717) is 23.4 Å². The minimum absolute atomic E-state index is 0.477. The molecule has 4 nitrogen and oxygen atoms in total. The molecule has 2 aromatic rings. The highest BCUT2D eigenvalue weighted by Gasteiger charge is 2.53.